The van der Waals surface area contributed by atoms with Gasteiger partial charge in [0, 0.05) is 11.3 Å². The molecular weight excluding hydrogens is 392 g/mol. The molecule has 4 aromatic rings. The number of carbonyl (C=O) groups is 1. The molecule has 31 heavy (non-hydrogen) atoms. The summed E-state index contributed by atoms with van der Waals surface area (Å²) in [6.07, 6.45) is -0.401. The first-order valence-electron chi connectivity index (χ1n) is 9.75. The number of imidazole rings is 1. The molecule has 0 aliphatic carbocycles. The number of fused-ring (bicyclic) bond motifs is 3. The van der Waals surface area contributed by atoms with Crippen LogP contribution in [0.15, 0.2) is 77.8 Å². The first kappa shape index (κ1) is 18.7. The van der Waals surface area contributed by atoms with Crippen molar-refractivity contribution < 1.29 is 9.53 Å². The summed E-state index contributed by atoms with van der Waals surface area (Å²) in [4.78, 5) is 21.9. The highest BCUT2D eigenvalue weighted by Crippen LogP contribution is 2.33. The molecule has 0 saturated carbocycles. The fraction of sp³-hybridized carbons (Fsp3) is 0.0870. The molecule has 0 fully saturated rings. The Morgan fingerprint density at radius 1 is 1.10 bits per heavy atom. The van der Waals surface area contributed by atoms with Gasteiger partial charge in [-0.1, -0.05) is 24.3 Å². The average molecular weight is 412 g/mol. The Kier molecular flexibility index (Phi) is 4.51. The summed E-state index contributed by atoms with van der Waals surface area (Å²) in [5.41, 5.74) is 9.90. The van der Waals surface area contributed by atoms with Crippen LogP contribution in [0.3, 0.4) is 0 Å². The summed E-state index contributed by atoms with van der Waals surface area (Å²) in [5, 5.41) is 5.97. The van der Waals surface area contributed by atoms with Gasteiger partial charge in [-0.3, -0.25) is 14.7 Å². The van der Waals surface area contributed by atoms with Crippen LogP contribution in [0.1, 0.15) is 22.1 Å². The zero-order valence-electron chi connectivity index (χ0n) is 16.7. The van der Waals surface area contributed by atoms with Gasteiger partial charge in [0.05, 0.1) is 18.1 Å². The number of nitrogens with one attached hydrogen (secondary N) is 2. The zero-order valence-corrected chi connectivity index (χ0v) is 16.7. The average Bonchev–Trinajstić information content (AvgIpc) is 3.17. The molecular formula is C23H20N6O2. The van der Waals surface area contributed by atoms with Crippen molar-refractivity contribution in [3.63, 3.8) is 0 Å². The van der Waals surface area contributed by atoms with Crippen molar-refractivity contribution in [1.82, 2.24) is 9.55 Å². The third kappa shape index (κ3) is 3.44. The van der Waals surface area contributed by atoms with E-state index >= 15 is 0 Å². The predicted molar refractivity (Wildman–Crippen MR) is 121 cm³/mol. The lowest BCUT2D eigenvalue weighted by molar-refractivity contribution is 0.102. The van der Waals surface area contributed by atoms with Crippen molar-refractivity contribution in [2.45, 2.75) is 6.17 Å². The van der Waals surface area contributed by atoms with Gasteiger partial charge < -0.3 is 15.8 Å². The van der Waals surface area contributed by atoms with Gasteiger partial charge in [0.15, 0.2) is 12.1 Å². The van der Waals surface area contributed by atoms with Crippen LogP contribution in [-0.4, -0.2) is 28.5 Å². The van der Waals surface area contributed by atoms with Gasteiger partial charge >= 0.3 is 0 Å². The smallest absolute Gasteiger partial charge is 0.255 e. The highest BCUT2D eigenvalue weighted by Gasteiger charge is 2.25. The quantitative estimate of drug-likeness (QED) is 0.475. The highest BCUT2D eigenvalue weighted by atomic mass is 16.5. The van der Waals surface area contributed by atoms with Crippen molar-refractivity contribution in [2.24, 2.45) is 10.7 Å². The number of guanidine groups is 1. The van der Waals surface area contributed by atoms with E-state index in [0.29, 0.717) is 28.9 Å². The summed E-state index contributed by atoms with van der Waals surface area (Å²) in [6.45, 7) is 0. The molecule has 1 atom stereocenters. The van der Waals surface area contributed by atoms with Gasteiger partial charge in [0.2, 0.25) is 5.95 Å². The summed E-state index contributed by atoms with van der Waals surface area (Å²) in [7, 11) is 1.59. The maximum Gasteiger partial charge on any atom is 0.255 e. The molecule has 154 valence electrons. The molecule has 0 saturated heterocycles. The fourth-order valence-electron chi connectivity index (χ4n) is 3.66. The second-order valence-electron chi connectivity index (χ2n) is 7.12. The lowest BCUT2D eigenvalue weighted by atomic mass is 10.1. The van der Waals surface area contributed by atoms with Gasteiger partial charge in [0.1, 0.15) is 5.75 Å². The molecule has 8 nitrogen and oxygen atoms in total. The molecule has 8 heteroatoms. The third-order valence-corrected chi connectivity index (χ3v) is 5.14. The van der Waals surface area contributed by atoms with E-state index in [4.69, 9.17) is 10.5 Å². The normalized spacial score (nSPS) is 15.0. The number of hydrogen-bond donors (Lipinski definition) is 3. The van der Waals surface area contributed by atoms with Crippen LogP contribution in [0.25, 0.3) is 11.0 Å². The Hall–Kier alpha value is -4.33. The number of methoxy groups -OCH3 is 1. The Balaban J connectivity index is 1.47. The topological polar surface area (TPSA) is 107 Å². The number of ether oxygens (including phenoxy) is 1. The van der Waals surface area contributed by atoms with Crippen LogP contribution in [0.2, 0.25) is 0 Å². The zero-order chi connectivity index (χ0) is 21.4. The molecule has 1 aliphatic heterocycles. The van der Waals surface area contributed by atoms with Gasteiger partial charge in [0.25, 0.3) is 5.91 Å². The maximum atomic E-state index is 12.7. The van der Waals surface area contributed by atoms with E-state index in [0.717, 1.165) is 16.6 Å². The third-order valence-electron chi connectivity index (χ3n) is 5.14. The lowest BCUT2D eigenvalue weighted by Crippen LogP contribution is -2.31. The van der Waals surface area contributed by atoms with E-state index in [-0.39, 0.29) is 5.91 Å². The highest BCUT2D eigenvalue weighted by molar-refractivity contribution is 6.04. The number of rotatable bonds is 4. The SMILES string of the molecule is COc1ccc(C(=O)Nc2cccc([C@@H]3N=C(N)Nc4nc5ccccc5n43)c2)cc1. The Morgan fingerprint density at radius 2 is 1.90 bits per heavy atom. The molecule has 0 unspecified atom stereocenters. The van der Waals surface area contributed by atoms with Gasteiger partial charge in [-0.05, 0) is 54.1 Å². The van der Waals surface area contributed by atoms with E-state index in [1.165, 1.54) is 0 Å². The minimum absolute atomic E-state index is 0.207. The number of nitrogens with zero attached hydrogens (tertiary/aromatic N) is 3. The van der Waals surface area contributed by atoms with Crippen LogP contribution >= 0.6 is 0 Å². The number of aromatic nitrogens is 2. The fourth-order valence-corrected chi connectivity index (χ4v) is 3.66. The predicted octanol–water partition coefficient (Wildman–Crippen LogP) is 3.58. The Bertz CT molecular complexity index is 1310. The largest absolute Gasteiger partial charge is 0.497 e. The minimum Gasteiger partial charge on any atom is -0.497 e. The number of benzene rings is 3. The molecule has 0 bridgehead atoms. The van der Waals surface area contributed by atoms with E-state index in [2.05, 4.69) is 20.6 Å². The first-order valence-corrected chi connectivity index (χ1v) is 9.75. The van der Waals surface area contributed by atoms with Gasteiger partial charge in [-0.2, -0.15) is 0 Å². The van der Waals surface area contributed by atoms with Crippen LogP contribution < -0.4 is 21.1 Å². The monoisotopic (exact) mass is 412 g/mol. The summed E-state index contributed by atoms with van der Waals surface area (Å²) < 4.78 is 7.14. The van der Waals surface area contributed by atoms with Crippen LogP contribution in [-0.2, 0) is 0 Å². The number of aliphatic imine (C=N–C) groups is 1. The van der Waals surface area contributed by atoms with Gasteiger partial charge in [-0.15, -0.1) is 0 Å². The number of amides is 1. The summed E-state index contributed by atoms with van der Waals surface area (Å²) in [5.74, 6) is 1.41. The van der Waals surface area contributed by atoms with E-state index in [9.17, 15) is 4.79 Å². The molecule has 1 amide bonds. The first-order chi connectivity index (χ1) is 15.1. The van der Waals surface area contributed by atoms with Crippen molar-refractivity contribution >= 4 is 34.5 Å². The second-order valence-corrected chi connectivity index (χ2v) is 7.12. The lowest BCUT2D eigenvalue weighted by Gasteiger charge is -2.24. The molecule has 1 aromatic heterocycles. The number of nitrogens with two attached hydrogens (primary N) is 1. The second kappa shape index (κ2) is 7.49. The summed E-state index contributed by atoms with van der Waals surface area (Å²) in [6, 6.07) is 22.4. The maximum absolute atomic E-state index is 12.7. The molecule has 0 radical (unpaired) electrons. The van der Waals surface area contributed by atoms with Crippen molar-refractivity contribution in [2.75, 3.05) is 17.7 Å². The molecule has 0 spiro atoms. The molecule has 3 aromatic carbocycles. The van der Waals surface area contributed by atoms with Crippen molar-refractivity contribution in [1.29, 1.82) is 0 Å². The molecule has 5 rings (SSSR count). The van der Waals surface area contributed by atoms with Crippen molar-refractivity contribution in [3.8, 4) is 5.75 Å². The number of para-hydroxylation sites is 2. The molecule has 1 aliphatic rings. The Labute approximate surface area is 178 Å². The van der Waals surface area contributed by atoms with Crippen molar-refractivity contribution in [3.05, 3.63) is 83.9 Å². The van der Waals surface area contributed by atoms with Crippen LogP contribution in [0.4, 0.5) is 11.6 Å². The Morgan fingerprint density at radius 3 is 2.71 bits per heavy atom. The van der Waals surface area contributed by atoms with E-state index in [1.54, 1.807) is 31.4 Å². The van der Waals surface area contributed by atoms with E-state index in [1.807, 2.05) is 53.1 Å². The number of anilines is 2. The van der Waals surface area contributed by atoms with E-state index < -0.39 is 6.17 Å². The standard InChI is InChI=1S/C23H20N6O2/c1-31-17-11-9-14(10-12-17)21(30)25-16-6-4-5-15(13-16)20-27-22(24)28-23-26-18-7-2-3-8-19(18)29(20)23/h2-13,20H,1H3,(H,25,30)(H3,24,26,27,28)/t20-/m1/s1. The number of carbonyl (C=O) groups excluding carboxylic acids is 1. The van der Waals surface area contributed by atoms with Crippen LogP contribution in [0.5, 0.6) is 5.75 Å². The van der Waals surface area contributed by atoms with Crippen LogP contribution in [0, 0.1) is 0 Å². The number of hydrogen-bond acceptors (Lipinski definition) is 6. The molecule has 4 N–H and O–H groups in total. The minimum atomic E-state index is -0.401. The summed E-state index contributed by atoms with van der Waals surface area (Å²) >= 11 is 0. The molecule has 2 heterocycles. The van der Waals surface area contributed by atoms with Gasteiger partial charge in [-0.25, -0.2) is 9.98 Å².